The zero-order valence-electron chi connectivity index (χ0n) is 10.4. The van der Waals surface area contributed by atoms with Gasteiger partial charge in [0.05, 0.1) is 6.10 Å². The Balaban J connectivity index is 3.74. The minimum atomic E-state index is -0.277. The SMILES string of the molecule is C[C@H](CCCC(N)=O)C[C@H](O)C(C)(C)C. The molecule has 0 aliphatic heterocycles. The van der Waals surface area contributed by atoms with E-state index >= 15 is 0 Å². The van der Waals surface area contributed by atoms with Gasteiger partial charge in [0.15, 0.2) is 0 Å². The number of carbonyl (C=O) groups excluding carboxylic acids is 1. The molecule has 3 N–H and O–H groups in total. The van der Waals surface area contributed by atoms with Crippen LogP contribution in [0.15, 0.2) is 0 Å². The number of nitrogens with two attached hydrogens (primary N) is 1. The lowest BCUT2D eigenvalue weighted by atomic mass is 9.83. The van der Waals surface area contributed by atoms with E-state index in [1.54, 1.807) is 0 Å². The summed E-state index contributed by atoms with van der Waals surface area (Å²) >= 11 is 0. The number of carbonyl (C=O) groups is 1. The Kier molecular flexibility index (Phi) is 5.88. The van der Waals surface area contributed by atoms with Crippen molar-refractivity contribution in [2.75, 3.05) is 0 Å². The summed E-state index contributed by atoms with van der Waals surface area (Å²) in [4.78, 5) is 10.5. The van der Waals surface area contributed by atoms with Crippen LogP contribution in [0.1, 0.15) is 53.4 Å². The van der Waals surface area contributed by atoms with Crippen LogP contribution >= 0.6 is 0 Å². The van der Waals surface area contributed by atoms with Crippen molar-refractivity contribution in [3.05, 3.63) is 0 Å². The van der Waals surface area contributed by atoms with Gasteiger partial charge in [-0.3, -0.25) is 4.79 Å². The summed E-state index contributed by atoms with van der Waals surface area (Å²) in [6.07, 6.45) is 2.75. The molecule has 0 fully saturated rings. The first-order valence-electron chi connectivity index (χ1n) is 5.70. The number of hydrogen-bond acceptors (Lipinski definition) is 2. The molecule has 3 heteroatoms. The number of amides is 1. The summed E-state index contributed by atoms with van der Waals surface area (Å²) in [5, 5.41) is 9.87. The highest BCUT2D eigenvalue weighted by Gasteiger charge is 2.23. The van der Waals surface area contributed by atoms with Gasteiger partial charge in [-0.25, -0.2) is 0 Å². The van der Waals surface area contributed by atoms with Crippen molar-refractivity contribution in [2.45, 2.75) is 59.5 Å². The topological polar surface area (TPSA) is 63.3 Å². The van der Waals surface area contributed by atoms with Crippen molar-refractivity contribution < 1.29 is 9.90 Å². The maximum absolute atomic E-state index is 10.5. The molecular formula is C12H25NO2. The van der Waals surface area contributed by atoms with Crippen LogP contribution in [0.2, 0.25) is 0 Å². The van der Waals surface area contributed by atoms with Gasteiger partial charge in [-0.15, -0.1) is 0 Å². The third-order valence-electron chi connectivity index (χ3n) is 2.75. The Morgan fingerprint density at radius 1 is 1.40 bits per heavy atom. The molecule has 0 saturated heterocycles. The molecule has 0 heterocycles. The summed E-state index contributed by atoms with van der Waals surface area (Å²) < 4.78 is 0. The molecule has 15 heavy (non-hydrogen) atoms. The quantitative estimate of drug-likeness (QED) is 0.712. The Morgan fingerprint density at radius 2 is 1.93 bits per heavy atom. The molecule has 90 valence electrons. The Labute approximate surface area is 93.0 Å². The molecule has 0 bridgehead atoms. The Morgan fingerprint density at radius 3 is 2.33 bits per heavy atom. The van der Waals surface area contributed by atoms with E-state index in [0.29, 0.717) is 12.3 Å². The normalized spacial score (nSPS) is 16.1. The summed E-state index contributed by atoms with van der Waals surface area (Å²) in [5.41, 5.74) is 5.00. The lowest BCUT2D eigenvalue weighted by Crippen LogP contribution is -2.27. The monoisotopic (exact) mass is 215 g/mol. The highest BCUT2D eigenvalue weighted by atomic mass is 16.3. The zero-order valence-corrected chi connectivity index (χ0v) is 10.4. The first-order valence-corrected chi connectivity index (χ1v) is 5.70. The second kappa shape index (κ2) is 6.11. The van der Waals surface area contributed by atoms with Gasteiger partial charge in [-0.2, -0.15) is 0 Å². The first kappa shape index (κ1) is 14.4. The lowest BCUT2D eigenvalue weighted by molar-refractivity contribution is -0.118. The van der Waals surface area contributed by atoms with Crippen LogP contribution in [0.5, 0.6) is 0 Å². The number of primary amides is 1. The number of aliphatic hydroxyl groups excluding tert-OH is 1. The van der Waals surface area contributed by atoms with E-state index in [1.807, 2.05) is 20.8 Å². The maximum Gasteiger partial charge on any atom is 0.217 e. The van der Waals surface area contributed by atoms with E-state index in [2.05, 4.69) is 6.92 Å². The van der Waals surface area contributed by atoms with Crippen LogP contribution in [0.25, 0.3) is 0 Å². The second-order valence-corrected chi connectivity index (χ2v) is 5.58. The van der Waals surface area contributed by atoms with E-state index in [-0.39, 0.29) is 17.4 Å². The molecular weight excluding hydrogens is 190 g/mol. The average molecular weight is 215 g/mol. The summed E-state index contributed by atoms with van der Waals surface area (Å²) in [7, 11) is 0. The zero-order chi connectivity index (χ0) is 12.1. The molecule has 0 aromatic rings. The molecule has 1 amide bonds. The third-order valence-corrected chi connectivity index (χ3v) is 2.75. The predicted molar refractivity (Wildman–Crippen MR) is 62.3 cm³/mol. The molecule has 0 radical (unpaired) electrons. The van der Waals surface area contributed by atoms with Gasteiger partial charge >= 0.3 is 0 Å². The molecule has 2 atom stereocenters. The van der Waals surface area contributed by atoms with Gasteiger partial charge in [-0.05, 0) is 24.2 Å². The molecule has 3 nitrogen and oxygen atoms in total. The highest BCUT2D eigenvalue weighted by molar-refractivity contribution is 5.73. The number of aliphatic hydroxyl groups is 1. The van der Waals surface area contributed by atoms with Crippen molar-refractivity contribution in [3.63, 3.8) is 0 Å². The lowest BCUT2D eigenvalue weighted by Gasteiger charge is -2.28. The van der Waals surface area contributed by atoms with Gasteiger partial charge < -0.3 is 10.8 Å². The third kappa shape index (κ3) is 7.37. The van der Waals surface area contributed by atoms with Crippen molar-refractivity contribution in [3.8, 4) is 0 Å². The Bertz CT molecular complexity index is 196. The number of hydrogen-bond donors (Lipinski definition) is 2. The predicted octanol–water partition coefficient (Wildman–Crippen LogP) is 2.08. The summed E-state index contributed by atoms with van der Waals surface area (Å²) in [6, 6.07) is 0. The first-order chi connectivity index (χ1) is 6.73. The molecule has 0 spiro atoms. The largest absolute Gasteiger partial charge is 0.393 e. The average Bonchev–Trinajstić information content (AvgIpc) is 2.01. The maximum atomic E-state index is 10.5. The van der Waals surface area contributed by atoms with E-state index in [1.165, 1.54) is 0 Å². The van der Waals surface area contributed by atoms with E-state index in [0.717, 1.165) is 19.3 Å². The molecule has 0 unspecified atom stereocenters. The van der Waals surface area contributed by atoms with Crippen LogP contribution in [0.4, 0.5) is 0 Å². The van der Waals surface area contributed by atoms with E-state index < -0.39 is 0 Å². The standard InChI is InChI=1S/C12H25NO2/c1-9(6-5-7-11(13)15)8-10(14)12(2,3)4/h9-10,14H,5-8H2,1-4H3,(H2,13,15)/t9-,10+/m1/s1. The van der Waals surface area contributed by atoms with Crippen molar-refractivity contribution in [1.29, 1.82) is 0 Å². The molecule has 0 rings (SSSR count). The smallest absolute Gasteiger partial charge is 0.217 e. The molecule has 0 aliphatic rings. The van der Waals surface area contributed by atoms with Crippen LogP contribution < -0.4 is 5.73 Å². The van der Waals surface area contributed by atoms with Crippen LogP contribution in [0, 0.1) is 11.3 Å². The van der Waals surface area contributed by atoms with Crippen molar-refractivity contribution >= 4 is 5.91 Å². The minimum absolute atomic E-state index is 0.0576. The highest BCUT2D eigenvalue weighted by Crippen LogP contribution is 2.26. The van der Waals surface area contributed by atoms with Gasteiger partial charge in [0, 0.05) is 6.42 Å². The summed E-state index contributed by atoms with van der Waals surface area (Å²) in [6.45, 7) is 8.21. The van der Waals surface area contributed by atoms with Crippen molar-refractivity contribution in [2.24, 2.45) is 17.1 Å². The molecule has 0 aromatic heterocycles. The fraction of sp³-hybridized carbons (Fsp3) is 0.917. The summed E-state index contributed by atoms with van der Waals surface area (Å²) in [5.74, 6) is 0.206. The molecule has 0 aromatic carbocycles. The molecule has 0 aliphatic carbocycles. The van der Waals surface area contributed by atoms with Crippen LogP contribution in [0.3, 0.4) is 0 Å². The van der Waals surface area contributed by atoms with Gasteiger partial charge in [0.1, 0.15) is 0 Å². The molecule has 0 saturated carbocycles. The van der Waals surface area contributed by atoms with Crippen molar-refractivity contribution in [1.82, 2.24) is 0 Å². The van der Waals surface area contributed by atoms with E-state index in [9.17, 15) is 9.90 Å². The van der Waals surface area contributed by atoms with E-state index in [4.69, 9.17) is 5.73 Å². The van der Waals surface area contributed by atoms with Gasteiger partial charge in [0.2, 0.25) is 5.91 Å². The van der Waals surface area contributed by atoms with Crippen LogP contribution in [-0.2, 0) is 4.79 Å². The van der Waals surface area contributed by atoms with Crippen LogP contribution in [-0.4, -0.2) is 17.1 Å². The number of rotatable bonds is 6. The van der Waals surface area contributed by atoms with Gasteiger partial charge in [0.25, 0.3) is 0 Å². The Hall–Kier alpha value is -0.570. The van der Waals surface area contributed by atoms with Gasteiger partial charge in [-0.1, -0.05) is 34.1 Å². The second-order valence-electron chi connectivity index (χ2n) is 5.58. The fourth-order valence-corrected chi connectivity index (χ4v) is 1.48. The fourth-order valence-electron chi connectivity index (χ4n) is 1.48. The minimum Gasteiger partial charge on any atom is -0.393 e.